The Hall–Kier alpha value is -1.32. The van der Waals surface area contributed by atoms with Crippen LogP contribution < -0.4 is 11.1 Å². The Morgan fingerprint density at radius 3 is 1.76 bits per heavy atom. The van der Waals surface area contributed by atoms with Crippen LogP contribution in [0.25, 0.3) is 0 Å². The average molecular weight is 296 g/mol. The summed E-state index contributed by atoms with van der Waals surface area (Å²) in [6.45, 7) is 2.91. The predicted molar refractivity (Wildman–Crippen MR) is 87.8 cm³/mol. The molecule has 0 aromatic rings. The second kappa shape index (κ2) is 15.1. The number of hydrogen-bond donors (Lipinski definition) is 2. The van der Waals surface area contributed by atoms with Gasteiger partial charge < -0.3 is 11.1 Å². The topological polar surface area (TPSA) is 72.2 Å². The number of primary amides is 1. The highest BCUT2D eigenvalue weighted by molar-refractivity contribution is 5.95. The van der Waals surface area contributed by atoms with Crippen molar-refractivity contribution in [2.24, 2.45) is 5.73 Å². The van der Waals surface area contributed by atoms with Crippen molar-refractivity contribution in [3.63, 3.8) is 0 Å². The highest BCUT2D eigenvalue weighted by atomic mass is 16.2. The number of nitrogens with two attached hydrogens (primary N) is 1. The lowest BCUT2D eigenvalue weighted by Gasteiger charge is -2.03. The summed E-state index contributed by atoms with van der Waals surface area (Å²) in [5.41, 5.74) is 4.90. The van der Waals surface area contributed by atoms with E-state index in [0.717, 1.165) is 18.9 Å². The van der Waals surface area contributed by atoms with E-state index in [0.29, 0.717) is 6.54 Å². The van der Waals surface area contributed by atoms with Crippen LogP contribution in [0.3, 0.4) is 0 Å². The highest BCUT2D eigenvalue weighted by Crippen LogP contribution is 2.10. The Morgan fingerprint density at radius 1 is 0.810 bits per heavy atom. The number of unbranched alkanes of at least 4 members (excludes halogenated alkanes) is 10. The fourth-order valence-corrected chi connectivity index (χ4v) is 2.22. The molecular weight excluding hydrogens is 264 g/mol. The molecule has 0 saturated carbocycles. The summed E-state index contributed by atoms with van der Waals surface area (Å²) in [5, 5.41) is 2.74. The molecule has 0 aliphatic heterocycles. The maximum Gasteiger partial charge on any atom is 0.244 e. The van der Waals surface area contributed by atoms with Gasteiger partial charge in [-0.3, -0.25) is 9.59 Å². The molecule has 4 nitrogen and oxygen atoms in total. The molecule has 0 bridgehead atoms. The first-order valence-electron chi connectivity index (χ1n) is 8.42. The maximum atomic E-state index is 11.2. The molecule has 0 aliphatic rings. The average Bonchev–Trinajstić information content (AvgIpc) is 2.46. The molecule has 21 heavy (non-hydrogen) atoms. The second-order valence-corrected chi connectivity index (χ2v) is 5.56. The van der Waals surface area contributed by atoms with Crippen molar-refractivity contribution in [2.75, 3.05) is 6.54 Å². The standard InChI is InChI=1S/C17H32N2O2/c1-2-3-4-5-6-7-8-9-10-11-12-15-19-17(21)14-13-16(18)20/h13-14H,2-12,15H2,1H3,(H2,18,20)(H,19,21). The van der Waals surface area contributed by atoms with E-state index < -0.39 is 5.91 Å². The highest BCUT2D eigenvalue weighted by Gasteiger charge is 1.96. The summed E-state index contributed by atoms with van der Waals surface area (Å²) in [6, 6.07) is 0. The fraction of sp³-hybridized carbons (Fsp3) is 0.765. The minimum atomic E-state index is -0.597. The molecule has 0 radical (unpaired) electrons. The Morgan fingerprint density at radius 2 is 1.29 bits per heavy atom. The molecular formula is C17H32N2O2. The Balaban J connectivity index is 3.19. The van der Waals surface area contributed by atoms with E-state index in [1.807, 2.05) is 0 Å². The third-order valence-corrected chi connectivity index (χ3v) is 3.48. The van der Waals surface area contributed by atoms with Crippen molar-refractivity contribution < 1.29 is 9.59 Å². The van der Waals surface area contributed by atoms with E-state index in [2.05, 4.69) is 12.2 Å². The zero-order valence-corrected chi connectivity index (χ0v) is 13.5. The lowest BCUT2D eigenvalue weighted by atomic mass is 10.1. The summed E-state index contributed by atoms with van der Waals surface area (Å²) in [5.74, 6) is -0.847. The Labute approximate surface area is 129 Å². The molecule has 0 spiro atoms. The van der Waals surface area contributed by atoms with Crippen molar-refractivity contribution in [2.45, 2.75) is 77.6 Å². The quantitative estimate of drug-likeness (QED) is 0.380. The zero-order valence-electron chi connectivity index (χ0n) is 13.5. The third kappa shape index (κ3) is 16.6. The SMILES string of the molecule is CCCCCCCCCCCCCNC(=O)C=CC(N)=O. The van der Waals surface area contributed by atoms with Crippen LogP contribution in [0.2, 0.25) is 0 Å². The summed E-state index contributed by atoms with van der Waals surface area (Å²) in [6.07, 6.45) is 16.5. The van der Waals surface area contributed by atoms with Gasteiger partial charge in [0.15, 0.2) is 0 Å². The molecule has 122 valence electrons. The van der Waals surface area contributed by atoms with Crippen molar-refractivity contribution in [1.29, 1.82) is 0 Å². The lowest BCUT2D eigenvalue weighted by molar-refractivity contribution is -0.117. The first-order chi connectivity index (χ1) is 10.2. The van der Waals surface area contributed by atoms with Gasteiger partial charge in [0.05, 0.1) is 0 Å². The van der Waals surface area contributed by atoms with Gasteiger partial charge >= 0.3 is 0 Å². The minimum absolute atomic E-state index is 0.249. The summed E-state index contributed by atoms with van der Waals surface area (Å²) in [7, 11) is 0. The number of carbonyl (C=O) groups is 2. The molecule has 0 atom stereocenters. The van der Waals surface area contributed by atoms with Gasteiger partial charge in [0.25, 0.3) is 0 Å². The normalized spacial score (nSPS) is 10.9. The van der Waals surface area contributed by atoms with Crippen LogP contribution in [0.5, 0.6) is 0 Å². The van der Waals surface area contributed by atoms with Crippen LogP contribution in [0.15, 0.2) is 12.2 Å². The zero-order chi connectivity index (χ0) is 15.8. The van der Waals surface area contributed by atoms with Crippen LogP contribution in [0, 0.1) is 0 Å². The van der Waals surface area contributed by atoms with Gasteiger partial charge in [0, 0.05) is 18.7 Å². The number of rotatable bonds is 14. The van der Waals surface area contributed by atoms with E-state index in [-0.39, 0.29) is 5.91 Å². The molecule has 2 amide bonds. The van der Waals surface area contributed by atoms with Crippen LogP contribution >= 0.6 is 0 Å². The number of hydrogen-bond acceptors (Lipinski definition) is 2. The molecule has 0 aliphatic carbocycles. The molecule has 0 unspecified atom stereocenters. The first-order valence-corrected chi connectivity index (χ1v) is 8.42. The van der Waals surface area contributed by atoms with Gasteiger partial charge in [0.2, 0.25) is 11.8 Å². The van der Waals surface area contributed by atoms with Gasteiger partial charge in [-0.05, 0) is 6.42 Å². The molecule has 3 N–H and O–H groups in total. The fourth-order valence-electron chi connectivity index (χ4n) is 2.22. The molecule has 0 aromatic carbocycles. The minimum Gasteiger partial charge on any atom is -0.366 e. The molecule has 0 fully saturated rings. The summed E-state index contributed by atoms with van der Waals surface area (Å²) >= 11 is 0. The van der Waals surface area contributed by atoms with Gasteiger partial charge in [-0.1, -0.05) is 71.1 Å². The van der Waals surface area contributed by atoms with E-state index >= 15 is 0 Å². The van der Waals surface area contributed by atoms with E-state index in [9.17, 15) is 9.59 Å². The number of carbonyl (C=O) groups excluding carboxylic acids is 2. The number of nitrogens with one attached hydrogen (secondary N) is 1. The van der Waals surface area contributed by atoms with Crippen LogP contribution in [-0.4, -0.2) is 18.4 Å². The van der Waals surface area contributed by atoms with Gasteiger partial charge in [-0.2, -0.15) is 0 Å². The van der Waals surface area contributed by atoms with Gasteiger partial charge in [-0.25, -0.2) is 0 Å². The largest absolute Gasteiger partial charge is 0.366 e. The second-order valence-electron chi connectivity index (χ2n) is 5.56. The van der Waals surface area contributed by atoms with Crippen LogP contribution in [0.4, 0.5) is 0 Å². The van der Waals surface area contributed by atoms with Crippen molar-refractivity contribution in [1.82, 2.24) is 5.32 Å². The monoisotopic (exact) mass is 296 g/mol. The lowest BCUT2D eigenvalue weighted by Crippen LogP contribution is -2.22. The first kappa shape index (κ1) is 19.7. The molecule has 0 aromatic heterocycles. The Bertz CT molecular complexity index is 301. The maximum absolute atomic E-state index is 11.2. The van der Waals surface area contributed by atoms with E-state index in [1.54, 1.807) is 0 Å². The van der Waals surface area contributed by atoms with Crippen molar-refractivity contribution in [3.05, 3.63) is 12.2 Å². The van der Waals surface area contributed by atoms with Crippen LogP contribution in [-0.2, 0) is 9.59 Å². The summed E-state index contributed by atoms with van der Waals surface area (Å²) < 4.78 is 0. The molecule has 4 heteroatoms. The van der Waals surface area contributed by atoms with Gasteiger partial charge in [-0.15, -0.1) is 0 Å². The smallest absolute Gasteiger partial charge is 0.244 e. The van der Waals surface area contributed by atoms with Gasteiger partial charge in [0.1, 0.15) is 0 Å². The molecule has 0 rings (SSSR count). The molecule has 0 saturated heterocycles. The van der Waals surface area contributed by atoms with Crippen molar-refractivity contribution >= 4 is 11.8 Å². The third-order valence-electron chi connectivity index (χ3n) is 3.48. The molecule has 0 heterocycles. The van der Waals surface area contributed by atoms with E-state index in [1.165, 1.54) is 63.9 Å². The summed E-state index contributed by atoms with van der Waals surface area (Å²) in [4.78, 5) is 21.7. The number of amides is 2. The van der Waals surface area contributed by atoms with Crippen LogP contribution in [0.1, 0.15) is 77.6 Å². The Kier molecular flexibility index (Phi) is 14.1. The van der Waals surface area contributed by atoms with Crippen molar-refractivity contribution in [3.8, 4) is 0 Å². The van der Waals surface area contributed by atoms with E-state index in [4.69, 9.17) is 5.73 Å². The predicted octanol–water partition coefficient (Wildman–Crippen LogP) is 3.46.